The normalized spacial score (nSPS) is 29.3. The van der Waals surface area contributed by atoms with Crippen LogP contribution in [0.1, 0.15) is 58.4 Å². The highest BCUT2D eigenvalue weighted by Crippen LogP contribution is 2.53. The summed E-state index contributed by atoms with van der Waals surface area (Å²) in [6.45, 7) is 6.28. The van der Waals surface area contributed by atoms with Gasteiger partial charge in [-0.2, -0.15) is 10.2 Å². The van der Waals surface area contributed by atoms with E-state index in [1.807, 2.05) is 12.1 Å². The van der Waals surface area contributed by atoms with Crippen LogP contribution in [0.4, 0.5) is 0 Å². The molecular weight excluding hydrogens is 410 g/mol. The highest BCUT2D eigenvalue weighted by Gasteiger charge is 2.53. The summed E-state index contributed by atoms with van der Waals surface area (Å²) in [5.41, 5.74) is 2.62. The molecule has 2 unspecified atom stereocenters. The molecule has 0 saturated heterocycles. The van der Waals surface area contributed by atoms with Gasteiger partial charge in [0.1, 0.15) is 0 Å². The van der Waals surface area contributed by atoms with Crippen LogP contribution in [0.15, 0.2) is 62.4 Å². The Morgan fingerprint density at radius 3 is 2.68 bits per heavy atom. The van der Waals surface area contributed by atoms with E-state index in [0.29, 0.717) is 17.7 Å². The predicted molar refractivity (Wildman–Crippen MR) is 118 cm³/mol. The number of hydrogen-bond acceptors (Lipinski definition) is 6. The number of nitrogens with zero attached hydrogens (tertiary/aromatic N) is 2. The smallest absolute Gasteiger partial charge is 0.178 e. The molecule has 2 heterocycles. The summed E-state index contributed by atoms with van der Waals surface area (Å²) in [5, 5.41) is 12.0. The maximum Gasteiger partial charge on any atom is 0.178 e. The zero-order valence-corrected chi connectivity index (χ0v) is 19.1. The summed E-state index contributed by atoms with van der Waals surface area (Å²) < 4.78 is 26.1. The van der Waals surface area contributed by atoms with Crippen LogP contribution in [-0.4, -0.2) is 26.1 Å². The van der Waals surface area contributed by atoms with Gasteiger partial charge in [-0.3, -0.25) is 4.79 Å². The number of carbonyl (C=O) groups excluding carboxylic acids is 1. The zero-order valence-electron chi connectivity index (χ0n) is 18.3. The van der Waals surface area contributed by atoms with Crippen molar-refractivity contribution in [2.45, 2.75) is 69.4 Å². The van der Waals surface area contributed by atoms with Gasteiger partial charge in [-0.15, -0.1) is 0 Å². The van der Waals surface area contributed by atoms with Crippen LogP contribution in [0.25, 0.3) is 0 Å². The minimum absolute atomic E-state index is 0.123. The Hall–Kier alpha value is -2.28. The third kappa shape index (κ3) is 3.28. The summed E-state index contributed by atoms with van der Waals surface area (Å²) in [5.74, 6) is 0.607. The summed E-state index contributed by atoms with van der Waals surface area (Å²) in [6.07, 6.45) is 5.29. The van der Waals surface area contributed by atoms with Crippen LogP contribution >= 0.6 is 0 Å². The molecule has 4 aliphatic rings. The standard InChI is InChI=1S/C24H29N3O3S/c1-4-24(16-6-5-7-17(10-16)31(29,30)14-15-8-9-15)18-13-25-27-22(18)26-19-11-23(2,3)12-20(28)21(19)24/h5-7,10,13,15,22,26H,4,8-9,11-12,14H2,1-3H3. The summed E-state index contributed by atoms with van der Waals surface area (Å²) in [6, 6.07) is 7.24. The molecule has 31 heavy (non-hydrogen) atoms. The molecule has 1 N–H and O–H groups in total. The van der Waals surface area contributed by atoms with E-state index in [-0.39, 0.29) is 29.0 Å². The molecule has 1 saturated carbocycles. The number of sulfone groups is 1. The minimum atomic E-state index is -3.36. The number of azo groups is 1. The van der Waals surface area contributed by atoms with Crippen LogP contribution in [-0.2, 0) is 20.0 Å². The van der Waals surface area contributed by atoms with Gasteiger partial charge in [-0.1, -0.05) is 32.9 Å². The van der Waals surface area contributed by atoms with Crippen LogP contribution in [0.2, 0.25) is 0 Å². The number of hydrogen-bond donors (Lipinski definition) is 1. The highest BCUT2D eigenvalue weighted by molar-refractivity contribution is 7.91. The Bertz CT molecular complexity index is 1160. The topological polar surface area (TPSA) is 88.0 Å². The van der Waals surface area contributed by atoms with Gasteiger partial charge in [0.25, 0.3) is 0 Å². The first-order valence-electron chi connectivity index (χ1n) is 11.1. The summed E-state index contributed by atoms with van der Waals surface area (Å²) in [4.78, 5) is 13.9. The monoisotopic (exact) mass is 439 g/mol. The van der Waals surface area contributed by atoms with Gasteiger partial charge in [0, 0.05) is 23.3 Å². The van der Waals surface area contributed by atoms with Gasteiger partial charge in [0.05, 0.1) is 22.3 Å². The summed E-state index contributed by atoms with van der Waals surface area (Å²) >= 11 is 0. The van der Waals surface area contributed by atoms with Crippen molar-refractivity contribution in [2.75, 3.05) is 5.75 Å². The van der Waals surface area contributed by atoms with Gasteiger partial charge in [0.15, 0.2) is 21.8 Å². The van der Waals surface area contributed by atoms with E-state index in [2.05, 4.69) is 36.3 Å². The van der Waals surface area contributed by atoms with E-state index < -0.39 is 15.3 Å². The first kappa shape index (κ1) is 20.6. The van der Waals surface area contributed by atoms with Gasteiger partial charge in [-0.05, 0) is 54.7 Å². The third-order valence-corrected chi connectivity index (χ3v) is 9.03. The lowest BCUT2D eigenvalue weighted by molar-refractivity contribution is -0.119. The average molecular weight is 440 g/mol. The van der Waals surface area contributed by atoms with E-state index >= 15 is 0 Å². The largest absolute Gasteiger partial charge is 0.362 e. The number of rotatable bonds is 5. The molecule has 0 amide bonds. The van der Waals surface area contributed by atoms with E-state index in [0.717, 1.165) is 41.7 Å². The molecule has 0 radical (unpaired) electrons. The minimum Gasteiger partial charge on any atom is -0.362 e. The van der Waals surface area contributed by atoms with Crippen molar-refractivity contribution in [1.29, 1.82) is 0 Å². The van der Waals surface area contributed by atoms with E-state index in [1.165, 1.54) is 0 Å². The lowest BCUT2D eigenvalue weighted by atomic mass is 9.59. The van der Waals surface area contributed by atoms with Crippen molar-refractivity contribution >= 4 is 15.6 Å². The molecule has 1 aromatic rings. The third-order valence-electron chi connectivity index (χ3n) is 7.15. The van der Waals surface area contributed by atoms with Crippen LogP contribution in [0.5, 0.6) is 0 Å². The maximum absolute atomic E-state index is 13.5. The van der Waals surface area contributed by atoms with Crippen molar-refractivity contribution in [3.05, 3.63) is 52.9 Å². The van der Waals surface area contributed by atoms with Gasteiger partial charge >= 0.3 is 0 Å². The number of benzene rings is 1. The zero-order chi connectivity index (χ0) is 22.0. The Balaban J connectivity index is 1.70. The molecule has 2 aliphatic carbocycles. The molecule has 2 aliphatic heterocycles. The molecule has 0 aromatic heterocycles. The molecule has 1 aromatic carbocycles. The van der Waals surface area contributed by atoms with E-state index in [1.54, 1.807) is 18.3 Å². The van der Waals surface area contributed by atoms with Crippen molar-refractivity contribution in [3.63, 3.8) is 0 Å². The quantitative estimate of drug-likeness (QED) is 0.735. The Morgan fingerprint density at radius 1 is 1.19 bits per heavy atom. The first-order valence-corrected chi connectivity index (χ1v) is 12.8. The first-order chi connectivity index (χ1) is 14.7. The van der Waals surface area contributed by atoms with Gasteiger partial charge in [0.2, 0.25) is 0 Å². The van der Waals surface area contributed by atoms with Crippen molar-refractivity contribution in [2.24, 2.45) is 21.6 Å². The van der Waals surface area contributed by atoms with Gasteiger partial charge in [-0.25, -0.2) is 8.42 Å². The molecule has 6 nitrogen and oxygen atoms in total. The molecule has 1 fully saturated rings. The van der Waals surface area contributed by atoms with E-state index in [4.69, 9.17) is 0 Å². The van der Waals surface area contributed by atoms with Crippen LogP contribution < -0.4 is 5.32 Å². The van der Waals surface area contributed by atoms with Gasteiger partial charge < -0.3 is 5.32 Å². The number of Topliss-reactive ketones (excluding diaryl/α,β-unsaturated/α-hetero) is 1. The second-order valence-electron chi connectivity index (χ2n) is 10.2. The molecule has 5 rings (SSSR count). The Labute approximate surface area is 183 Å². The molecule has 2 atom stereocenters. The van der Waals surface area contributed by atoms with Crippen molar-refractivity contribution < 1.29 is 13.2 Å². The van der Waals surface area contributed by atoms with E-state index in [9.17, 15) is 13.2 Å². The maximum atomic E-state index is 13.5. The molecule has 0 spiro atoms. The lowest BCUT2D eigenvalue weighted by Crippen LogP contribution is -2.51. The molecule has 0 bridgehead atoms. The molecule has 164 valence electrons. The summed E-state index contributed by atoms with van der Waals surface area (Å²) in [7, 11) is -3.36. The second kappa shape index (κ2) is 6.86. The number of ketones is 1. The predicted octanol–water partition coefficient (Wildman–Crippen LogP) is 4.44. The fraction of sp³-hybridized carbons (Fsp3) is 0.542. The lowest BCUT2D eigenvalue weighted by Gasteiger charge is -2.47. The number of carbonyl (C=O) groups is 1. The Morgan fingerprint density at radius 2 is 1.97 bits per heavy atom. The molecule has 7 heteroatoms. The second-order valence-corrected chi connectivity index (χ2v) is 12.2. The number of allylic oxidation sites excluding steroid dienone is 2. The van der Waals surface area contributed by atoms with Crippen LogP contribution in [0.3, 0.4) is 0 Å². The molecular formula is C24H29N3O3S. The highest BCUT2D eigenvalue weighted by atomic mass is 32.2. The fourth-order valence-electron chi connectivity index (χ4n) is 5.54. The average Bonchev–Trinajstić information content (AvgIpc) is 3.37. The van der Waals surface area contributed by atoms with Crippen molar-refractivity contribution in [1.82, 2.24) is 5.32 Å². The van der Waals surface area contributed by atoms with Crippen molar-refractivity contribution in [3.8, 4) is 0 Å². The number of nitrogens with one attached hydrogen (secondary N) is 1. The fourth-order valence-corrected chi connectivity index (χ4v) is 7.28. The SMILES string of the molecule is CCC1(c2cccc(S(=O)(=O)CC3CC3)c2)C2=CN=NC2NC2=C1C(=O)CC(C)(C)C2. The Kier molecular flexibility index (Phi) is 4.56. The number of fused-ring (bicyclic) bond motifs is 1. The van der Waals surface area contributed by atoms with Crippen LogP contribution in [0, 0.1) is 11.3 Å².